The highest BCUT2D eigenvalue weighted by atomic mass is 16.3. The fourth-order valence-electron chi connectivity index (χ4n) is 3.74. The number of aliphatic hydroxyl groups is 1. The van der Waals surface area contributed by atoms with Gasteiger partial charge >= 0.3 is 0 Å². The molecule has 0 heterocycles. The number of carbonyl (C=O) groups is 1. The Morgan fingerprint density at radius 3 is 2.59 bits per heavy atom. The van der Waals surface area contributed by atoms with Crippen LogP contribution in [0.5, 0.6) is 0 Å². The van der Waals surface area contributed by atoms with Gasteiger partial charge in [-0.15, -0.1) is 0 Å². The summed E-state index contributed by atoms with van der Waals surface area (Å²) in [5.74, 6) is 0.0914. The van der Waals surface area contributed by atoms with Crippen molar-refractivity contribution in [2.24, 2.45) is 17.3 Å². The molecule has 0 bridgehead atoms. The molecule has 0 aromatic carbocycles. The van der Waals surface area contributed by atoms with Gasteiger partial charge in [-0.25, -0.2) is 0 Å². The lowest BCUT2D eigenvalue weighted by Gasteiger charge is -2.38. The lowest BCUT2D eigenvalue weighted by Crippen LogP contribution is -2.46. The van der Waals surface area contributed by atoms with Crippen molar-refractivity contribution in [3.05, 3.63) is 11.6 Å². The van der Waals surface area contributed by atoms with Gasteiger partial charge in [0.15, 0.2) is 5.78 Å². The van der Waals surface area contributed by atoms with Gasteiger partial charge in [-0.3, -0.25) is 4.79 Å². The van der Waals surface area contributed by atoms with Crippen LogP contribution in [0.1, 0.15) is 53.4 Å². The molecule has 0 unspecified atom stereocenters. The van der Waals surface area contributed by atoms with Crippen LogP contribution in [0.2, 0.25) is 0 Å². The fourth-order valence-corrected chi connectivity index (χ4v) is 3.74. The third kappa shape index (κ3) is 1.87. The molecule has 1 saturated carbocycles. The Bertz CT molecular complexity index is 369. The van der Waals surface area contributed by atoms with Crippen LogP contribution >= 0.6 is 0 Å². The number of hydrogen-bond acceptors (Lipinski definition) is 2. The summed E-state index contributed by atoms with van der Waals surface area (Å²) in [6.45, 7) is 8.26. The topological polar surface area (TPSA) is 37.3 Å². The van der Waals surface area contributed by atoms with E-state index in [2.05, 4.69) is 6.92 Å². The highest BCUT2D eigenvalue weighted by molar-refractivity contribution is 5.94. The normalized spacial score (nSPS) is 42.4. The summed E-state index contributed by atoms with van der Waals surface area (Å²) in [5.41, 5.74) is 0.355. The van der Waals surface area contributed by atoms with E-state index in [1.165, 1.54) is 0 Å². The summed E-state index contributed by atoms with van der Waals surface area (Å²) in [4.78, 5) is 12.4. The van der Waals surface area contributed by atoms with Crippen LogP contribution < -0.4 is 0 Å². The summed E-state index contributed by atoms with van der Waals surface area (Å²) >= 11 is 0. The van der Waals surface area contributed by atoms with Gasteiger partial charge in [0.05, 0.1) is 11.5 Å². The molecule has 0 aliphatic heterocycles. The molecule has 2 rings (SSSR count). The molecule has 2 heteroatoms. The average Bonchev–Trinajstić information content (AvgIpc) is 2.44. The van der Waals surface area contributed by atoms with E-state index in [0.29, 0.717) is 0 Å². The quantitative estimate of drug-likeness (QED) is 0.759. The Morgan fingerprint density at radius 2 is 2.00 bits per heavy atom. The minimum atomic E-state index is -0.799. The molecule has 17 heavy (non-hydrogen) atoms. The van der Waals surface area contributed by atoms with Crippen molar-refractivity contribution in [2.45, 2.75) is 59.0 Å². The van der Waals surface area contributed by atoms with E-state index in [4.69, 9.17) is 0 Å². The maximum Gasteiger partial charge on any atom is 0.162 e. The molecule has 2 aliphatic carbocycles. The molecular weight excluding hydrogens is 212 g/mol. The molecule has 2 nitrogen and oxygen atoms in total. The number of hydrogen-bond donors (Lipinski definition) is 1. The molecule has 0 amide bonds. The van der Waals surface area contributed by atoms with Crippen LogP contribution in [0.25, 0.3) is 0 Å². The highest BCUT2D eigenvalue weighted by Gasteiger charge is 2.57. The summed E-state index contributed by atoms with van der Waals surface area (Å²) in [5, 5.41) is 10.9. The zero-order valence-electron chi connectivity index (χ0n) is 11.4. The van der Waals surface area contributed by atoms with Gasteiger partial charge in [0.2, 0.25) is 0 Å². The first-order chi connectivity index (χ1) is 7.79. The predicted molar refractivity (Wildman–Crippen MR) is 68.6 cm³/mol. The molecule has 0 radical (unpaired) electrons. The van der Waals surface area contributed by atoms with Crippen molar-refractivity contribution in [2.75, 3.05) is 0 Å². The van der Waals surface area contributed by atoms with E-state index in [0.717, 1.165) is 31.3 Å². The summed E-state index contributed by atoms with van der Waals surface area (Å²) in [7, 11) is 0. The Morgan fingerprint density at radius 1 is 1.35 bits per heavy atom. The second-order valence-corrected chi connectivity index (χ2v) is 6.63. The zero-order valence-corrected chi connectivity index (χ0v) is 11.4. The number of rotatable bonds is 1. The van der Waals surface area contributed by atoms with Crippen LogP contribution in [0.4, 0.5) is 0 Å². The van der Waals surface area contributed by atoms with E-state index < -0.39 is 5.60 Å². The van der Waals surface area contributed by atoms with Gasteiger partial charge in [0.25, 0.3) is 0 Å². The predicted octanol–water partition coefficient (Wildman–Crippen LogP) is 3.10. The lowest BCUT2D eigenvalue weighted by molar-refractivity contribution is -0.134. The molecule has 0 saturated heterocycles. The summed E-state index contributed by atoms with van der Waals surface area (Å²) in [6.07, 6.45) is 5.53. The van der Waals surface area contributed by atoms with Crippen molar-refractivity contribution in [3.8, 4) is 0 Å². The van der Waals surface area contributed by atoms with Gasteiger partial charge < -0.3 is 5.11 Å². The van der Waals surface area contributed by atoms with E-state index >= 15 is 0 Å². The van der Waals surface area contributed by atoms with Crippen LogP contribution in [0.15, 0.2) is 11.6 Å². The Kier molecular flexibility index (Phi) is 2.97. The van der Waals surface area contributed by atoms with Gasteiger partial charge in [0, 0.05) is 0 Å². The first-order valence-electron chi connectivity index (χ1n) is 6.73. The average molecular weight is 236 g/mol. The molecule has 1 N–H and O–H groups in total. The van der Waals surface area contributed by atoms with Gasteiger partial charge in [0.1, 0.15) is 0 Å². The maximum atomic E-state index is 12.4. The Balaban J connectivity index is 2.44. The number of allylic oxidation sites excluding steroid dienone is 2. The van der Waals surface area contributed by atoms with Gasteiger partial charge in [-0.1, -0.05) is 26.3 Å². The SMILES string of the molecule is CC1=CC(=O)[C@@H]2[C@@](C)(CC1)CC[C@@]2(O)C(C)C. The maximum absolute atomic E-state index is 12.4. The van der Waals surface area contributed by atoms with Crippen molar-refractivity contribution >= 4 is 5.78 Å². The van der Waals surface area contributed by atoms with Crippen LogP contribution in [0.3, 0.4) is 0 Å². The van der Waals surface area contributed by atoms with Crippen molar-refractivity contribution in [1.82, 2.24) is 0 Å². The van der Waals surface area contributed by atoms with E-state index in [1.54, 1.807) is 6.08 Å². The van der Waals surface area contributed by atoms with Crippen LogP contribution in [-0.2, 0) is 4.79 Å². The van der Waals surface area contributed by atoms with Crippen molar-refractivity contribution < 1.29 is 9.90 Å². The van der Waals surface area contributed by atoms with Crippen LogP contribution in [0, 0.1) is 17.3 Å². The molecular formula is C15H24O2. The second-order valence-electron chi connectivity index (χ2n) is 6.63. The molecule has 2 aliphatic rings. The monoisotopic (exact) mass is 236 g/mol. The molecule has 0 aromatic rings. The zero-order chi connectivity index (χ0) is 12.8. The van der Waals surface area contributed by atoms with Crippen molar-refractivity contribution in [1.29, 1.82) is 0 Å². The number of carbonyl (C=O) groups excluding carboxylic acids is 1. The third-order valence-electron chi connectivity index (χ3n) is 5.06. The second kappa shape index (κ2) is 3.94. The Labute approximate surface area is 104 Å². The summed E-state index contributed by atoms with van der Waals surface area (Å²) in [6, 6.07) is 0. The summed E-state index contributed by atoms with van der Waals surface area (Å²) < 4.78 is 0. The Hall–Kier alpha value is -0.630. The number of fused-ring (bicyclic) bond motifs is 1. The van der Waals surface area contributed by atoms with Crippen LogP contribution in [-0.4, -0.2) is 16.5 Å². The van der Waals surface area contributed by atoms with E-state index in [1.807, 2.05) is 20.8 Å². The standard InChI is InChI=1S/C15H24O2/c1-10(2)15(17)8-7-14(4)6-5-11(3)9-12(16)13(14)15/h9-10,13,17H,5-8H2,1-4H3/t13-,14+,15-/m1/s1. The lowest BCUT2D eigenvalue weighted by atomic mass is 9.68. The minimum absolute atomic E-state index is 0.00956. The van der Waals surface area contributed by atoms with Crippen molar-refractivity contribution in [3.63, 3.8) is 0 Å². The molecule has 1 fully saturated rings. The fraction of sp³-hybridized carbons (Fsp3) is 0.800. The first kappa shape index (κ1) is 12.8. The first-order valence-corrected chi connectivity index (χ1v) is 6.73. The van der Waals surface area contributed by atoms with Gasteiger partial charge in [-0.2, -0.15) is 0 Å². The largest absolute Gasteiger partial charge is 0.389 e. The molecule has 0 aromatic heterocycles. The smallest absolute Gasteiger partial charge is 0.162 e. The van der Waals surface area contributed by atoms with E-state index in [9.17, 15) is 9.90 Å². The molecule has 96 valence electrons. The highest BCUT2D eigenvalue weighted by Crippen LogP contribution is 2.56. The van der Waals surface area contributed by atoms with E-state index in [-0.39, 0.29) is 23.0 Å². The third-order valence-corrected chi connectivity index (χ3v) is 5.06. The molecule has 0 spiro atoms. The van der Waals surface area contributed by atoms with Gasteiger partial charge in [-0.05, 0) is 50.0 Å². The number of ketones is 1. The minimum Gasteiger partial charge on any atom is -0.389 e. The molecule has 3 atom stereocenters.